The molecular weight excluding hydrogens is 376 g/mol. The SMILES string of the molecule is COc1ncnc2c1nc(CCl)n2CCc1ccc(Br)s1. The largest absolute Gasteiger partial charge is 0.479 e. The third-order valence-electron chi connectivity index (χ3n) is 3.10. The number of fused-ring (bicyclic) bond motifs is 1. The van der Waals surface area contributed by atoms with Crippen molar-refractivity contribution >= 4 is 50.0 Å². The van der Waals surface area contributed by atoms with E-state index in [1.54, 1.807) is 18.4 Å². The van der Waals surface area contributed by atoms with Crippen molar-refractivity contribution in [2.45, 2.75) is 18.8 Å². The molecular formula is C13H12BrClN4OS. The van der Waals surface area contributed by atoms with Crippen LogP contribution in [0.4, 0.5) is 0 Å². The van der Waals surface area contributed by atoms with Gasteiger partial charge in [-0.05, 0) is 34.5 Å². The molecule has 0 saturated carbocycles. The fraction of sp³-hybridized carbons (Fsp3) is 0.308. The maximum Gasteiger partial charge on any atom is 0.245 e. The molecule has 3 heterocycles. The highest BCUT2D eigenvalue weighted by molar-refractivity contribution is 9.11. The molecule has 3 aromatic rings. The predicted molar refractivity (Wildman–Crippen MR) is 87.2 cm³/mol. The van der Waals surface area contributed by atoms with Crippen molar-refractivity contribution in [2.75, 3.05) is 7.11 Å². The lowest BCUT2D eigenvalue weighted by Crippen LogP contribution is -2.05. The summed E-state index contributed by atoms with van der Waals surface area (Å²) in [6, 6.07) is 4.17. The molecule has 0 unspecified atom stereocenters. The molecule has 0 amide bonds. The van der Waals surface area contributed by atoms with Crippen molar-refractivity contribution in [3.05, 3.63) is 32.9 Å². The van der Waals surface area contributed by atoms with Crippen LogP contribution in [0.25, 0.3) is 11.2 Å². The Kier molecular flexibility index (Phi) is 4.42. The molecule has 0 aromatic carbocycles. The molecule has 0 bridgehead atoms. The fourth-order valence-corrected chi connectivity index (χ4v) is 3.83. The van der Waals surface area contributed by atoms with Crippen molar-refractivity contribution in [1.29, 1.82) is 0 Å². The molecule has 0 aliphatic heterocycles. The number of rotatable bonds is 5. The molecule has 5 nitrogen and oxygen atoms in total. The number of nitrogens with zero attached hydrogens (tertiary/aromatic N) is 4. The Balaban J connectivity index is 1.96. The Labute approximate surface area is 139 Å². The molecule has 0 N–H and O–H groups in total. The lowest BCUT2D eigenvalue weighted by Gasteiger charge is -2.06. The van der Waals surface area contributed by atoms with Crippen LogP contribution >= 0.6 is 38.9 Å². The quantitative estimate of drug-likeness (QED) is 0.627. The van der Waals surface area contributed by atoms with Crippen LogP contribution in [0.15, 0.2) is 22.2 Å². The summed E-state index contributed by atoms with van der Waals surface area (Å²) in [6.45, 7) is 0.770. The number of ether oxygens (including phenoxy) is 1. The van der Waals surface area contributed by atoms with E-state index in [9.17, 15) is 0 Å². The van der Waals surface area contributed by atoms with Crippen molar-refractivity contribution in [1.82, 2.24) is 19.5 Å². The topological polar surface area (TPSA) is 52.8 Å². The molecule has 0 saturated heterocycles. The van der Waals surface area contributed by atoms with E-state index < -0.39 is 0 Å². The molecule has 0 aliphatic rings. The molecule has 0 fully saturated rings. The second kappa shape index (κ2) is 6.29. The molecule has 0 aliphatic carbocycles. The summed E-state index contributed by atoms with van der Waals surface area (Å²) in [4.78, 5) is 14.2. The number of aromatic nitrogens is 4. The standard InChI is InChI=1S/C13H12BrClN4OS/c1-20-13-11-12(16-7-17-13)19(10(6-15)18-11)5-4-8-2-3-9(14)21-8/h2-3,7H,4-6H2,1H3. The second-order valence-corrected chi connectivity index (χ2v) is 7.14. The average molecular weight is 388 g/mol. The van der Waals surface area contributed by atoms with Gasteiger partial charge in [0.25, 0.3) is 0 Å². The molecule has 3 rings (SSSR count). The van der Waals surface area contributed by atoms with Gasteiger partial charge < -0.3 is 9.30 Å². The highest BCUT2D eigenvalue weighted by atomic mass is 79.9. The first-order valence-electron chi connectivity index (χ1n) is 6.27. The van der Waals surface area contributed by atoms with Gasteiger partial charge in [-0.2, -0.15) is 4.98 Å². The van der Waals surface area contributed by atoms with Crippen molar-refractivity contribution in [3.63, 3.8) is 0 Å². The van der Waals surface area contributed by atoms with Crippen LogP contribution in [0.2, 0.25) is 0 Å². The summed E-state index contributed by atoms with van der Waals surface area (Å²) in [5.74, 6) is 1.58. The highest BCUT2D eigenvalue weighted by Crippen LogP contribution is 2.25. The van der Waals surface area contributed by atoms with Crippen molar-refractivity contribution in [3.8, 4) is 5.88 Å². The lowest BCUT2D eigenvalue weighted by molar-refractivity contribution is 0.401. The summed E-state index contributed by atoms with van der Waals surface area (Å²) in [5, 5.41) is 0. The van der Waals surface area contributed by atoms with Crippen LogP contribution in [0.1, 0.15) is 10.7 Å². The molecule has 110 valence electrons. The summed E-state index contributed by atoms with van der Waals surface area (Å²) in [5.41, 5.74) is 1.41. The zero-order chi connectivity index (χ0) is 14.8. The molecule has 3 aromatic heterocycles. The Bertz CT molecular complexity index is 773. The summed E-state index contributed by atoms with van der Waals surface area (Å²) in [6.07, 6.45) is 2.39. The molecule has 21 heavy (non-hydrogen) atoms. The Morgan fingerprint density at radius 1 is 1.38 bits per heavy atom. The van der Waals surface area contributed by atoms with Gasteiger partial charge >= 0.3 is 0 Å². The van der Waals surface area contributed by atoms with Gasteiger partial charge in [-0.1, -0.05) is 0 Å². The van der Waals surface area contributed by atoms with Gasteiger partial charge in [0.1, 0.15) is 12.2 Å². The first kappa shape index (κ1) is 14.7. The van der Waals surface area contributed by atoms with Crippen LogP contribution in [0.3, 0.4) is 0 Å². The van der Waals surface area contributed by atoms with E-state index in [4.69, 9.17) is 16.3 Å². The molecule has 0 spiro atoms. The van der Waals surface area contributed by atoms with E-state index in [1.165, 1.54) is 11.2 Å². The third-order valence-corrected chi connectivity index (χ3v) is 5.02. The van der Waals surface area contributed by atoms with Crippen LogP contribution < -0.4 is 4.74 Å². The minimum Gasteiger partial charge on any atom is -0.479 e. The van der Waals surface area contributed by atoms with E-state index >= 15 is 0 Å². The summed E-state index contributed by atoms with van der Waals surface area (Å²) in [7, 11) is 1.57. The normalized spacial score (nSPS) is 11.2. The maximum atomic E-state index is 6.01. The van der Waals surface area contributed by atoms with Gasteiger partial charge in [-0.25, -0.2) is 9.97 Å². The zero-order valence-corrected chi connectivity index (χ0v) is 14.4. The van der Waals surface area contributed by atoms with Crippen LogP contribution in [-0.2, 0) is 18.8 Å². The minimum atomic E-state index is 0.327. The van der Waals surface area contributed by atoms with Gasteiger partial charge in [0, 0.05) is 11.4 Å². The van der Waals surface area contributed by atoms with Crippen LogP contribution in [-0.4, -0.2) is 26.6 Å². The lowest BCUT2D eigenvalue weighted by atomic mass is 10.3. The Morgan fingerprint density at radius 3 is 2.90 bits per heavy atom. The van der Waals surface area contributed by atoms with Gasteiger partial charge in [0.2, 0.25) is 5.88 Å². The number of hydrogen-bond acceptors (Lipinski definition) is 5. The smallest absolute Gasteiger partial charge is 0.245 e. The molecule has 8 heteroatoms. The number of aryl methyl sites for hydroxylation is 2. The number of thiophene rings is 1. The third kappa shape index (κ3) is 2.90. The first-order chi connectivity index (χ1) is 10.2. The van der Waals surface area contributed by atoms with E-state index in [1.807, 2.05) is 4.57 Å². The van der Waals surface area contributed by atoms with Crippen molar-refractivity contribution < 1.29 is 4.74 Å². The number of alkyl halides is 1. The van der Waals surface area contributed by atoms with Gasteiger partial charge in [-0.15, -0.1) is 22.9 Å². The van der Waals surface area contributed by atoms with E-state index in [0.29, 0.717) is 17.3 Å². The number of imidazole rings is 1. The number of halogens is 2. The summed E-state index contributed by atoms with van der Waals surface area (Å²) >= 11 is 11.2. The zero-order valence-electron chi connectivity index (χ0n) is 11.2. The number of methoxy groups -OCH3 is 1. The Hall–Kier alpha value is -1.18. The van der Waals surface area contributed by atoms with Gasteiger partial charge in [-0.3, -0.25) is 0 Å². The van der Waals surface area contributed by atoms with Crippen LogP contribution in [0.5, 0.6) is 5.88 Å². The minimum absolute atomic E-state index is 0.327. The number of hydrogen-bond donors (Lipinski definition) is 0. The van der Waals surface area contributed by atoms with Crippen molar-refractivity contribution in [2.24, 2.45) is 0 Å². The van der Waals surface area contributed by atoms with E-state index in [2.05, 4.69) is 43.0 Å². The Morgan fingerprint density at radius 2 is 2.24 bits per heavy atom. The van der Waals surface area contributed by atoms with Gasteiger partial charge in [0.05, 0.1) is 16.8 Å². The van der Waals surface area contributed by atoms with Gasteiger partial charge in [0.15, 0.2) is 11.2 Å². The van der Waals surface area contributed by atoms with E-state index in [0.717, 1.165) is 28.2 Å². The fourth-order valence-electron chi connectivity index (χ4n) is 2.16. The molecule has 0 radical (unpaired) electrons. The summed E-state index contributed by atoms with van der Waals surface area (Å²) < 4.78 is 8.39. The second-order valence-electron chi connectivity index (χ2n) is 4.32. The maximum absolute atomic E-state index is 6.01. The van der Waals surface area contributed by atoms with E-state index in [-0.39, 0.29) is 0 Å². The molecule has 0 atom stereocenters. The highest BCUT2D eigenvalue weighted by Gasteiger charge is 2.15. The predicted octanol–water partition coefficient (Wildman–Crippen LogP) is 3.64. The average Bonchev–Trinajstić information content (AvgIpc) is 3.07. The monoisotopic (exact) mass is 386 g/mol. The first-order valence-corrected chi connectivity index (χ1v) is 8.41. The van der Waals surface area contributed by atoms with Crippen LogP contribution in [0, 0.1) is 0 Å².